The lowest BCUT2D eigenvalue weighted by Crippen LogP contribution is -2.52. The van der Waals surface area contributed by atoms with Crippen molar-refractivity contribution in [2.45, 2.75) is 237 Å². The maximum Gasteiger partial charge on any atom is 0.119 e. The van der Waals surface area contributed by atoms with Gasteiger partial charge in [-0.15, -0.1) is 13.2 Å². The van der Waals surface area contributed by atoms with E-state index in [1.54, 1.807) is 27.9 Å². The first-order valence-electron chi connectivity index (χ1n) is 34.0. The van der Waals surface area contributed by atoms with Gasteiger partial charge >= 0.3 is 0 Å². The summed E-state index contributed by atoms with van der Waals surface area (Å²) in [7, 11) is 0. The molecule has 12 rings (SSSR count). The highest BCUT2D eigenvalue weighted by atomic mass is 19.1. The van der Waals surface area contributed by atoms with Crippen LogP contribution in [0.25, 0.3) is 0 Å². The highest BCUT2D eigenvalue weighted by molar-refractivity contribution is 5.65. The molecule has 4 saturated carbocycles. The lowest BCUT2D eigenvalue weighted by atomic mass is 9.52. The summed E-state index contributed by atoms with van der Waals surface area (Å²) < 4.78 is 15.1. The van der Waals surface area contributed by atoms with E-state index in [1.807, 2.05) is 29.4 Å². The Morgan fingerprint density at radius 2 is 1.46 bits per heavy atom. The van der Waals surface area contributed by atoms with Crippen LogP contribution in [0.2, 0.25) is 0 Å². The number of allylic oxidation sites excluding steroid dienone is 21. The van der Waals surface area contributed by atoms with Crippen LogP contribution in [-0.4, -0.2) is 23.0 Å². The topological polar surface area (TPSA) is 15.3 Å². The van der Waals surface area contributed by atoms with Crippen LogP contribution < -0.4 is 5.32 Å². The Morgan fingerprint density at radius 3 is 2.19 bits per heavy atom. The minimum Gasteiger partial charge on any atom is -0.362 e. The second-order valence-corrected chi connectivity index (χ2v) is 28.7. The van der Waals surface area contributed by atoms with E-state index in [9.17, 15) is 0 Å². The van der Waals surface area contributed by atoms with Gasteiger partial charge in [0, 0.05) is 40.9 Å². The first-order chi connectivity index (χ1) is 39.2. The molecule has 0 bridgehead atoms. The van der Waals surface area contributed by atoms with Crippen LogP contribution >= 0.6 is 0 Å². The van der Waals surface area contributed by atoms with E-state index >= 15 is 4.39 Å². The van der Waals surface area contributed by atoms with Gasteiger partial charge in [0.15, 0.2) is 0 Å². The molecule has 9 unspecified atom stereocenters. The fourth-order valence-electron chi connectivity index (χ4n) is 19.7. The van der Waals surface area contributed by atoms with Gasteiger partial charge < -0.3 is 5.32 Å². The molecule has 12 aliphatic carbocycles. The van der Waals surface area contributed by atoms with Gasteiger partial charge in [-0.1, -0.05) is 123 Å². The minimum atomic E-state index is -0.0418. The summed E-state index contributed by atoms with van der Waals surface area (Å²) in [6.07, 6.45) is 74.0. The Hall–Kier alpha value is -3.95. The Labute approximate surface area is 486 Å². The second-order valence-electron chi connectivity index (χ2n) is 28.7. The van der Waals surface area contributed by atoms with Crippen molar-refractivity contribution in [1.82, 2.24) is 10.2 Å². The van der Waals surface area contributed by atoms with Gasteiger partial charge in [0.2, 0.25) is 0 Å². The molecule has 0 aromatic heterocycles. The first kappa shape index (κ1) is 56.5. The molecule has 9 atom stereocenters. The van der Waals surface area contributed by atoms with E-state index in [2.05, 4.69) is 111 Å². The molecule has 1 N–H and O–H groups in total. The Kier molecular flexibility index (Phi) is 18.0. The van der Waals surface area contributed by atoms with Crippen LogP contribution in [0.1, 0.15) is 219 Å². The fourth-order valence-corrected chi connectivity index (χ4v) is 19.7. The van der Waals surface area contributed by atoms with Gasteiger partial charge in [-0.2, -0.15) is 0 Å². The molecule has 3 heteroatoms. The van der Waals surface area contributed by atoms with E-state index in [1.165, 1.54) is 203 Å². The maximum absolute atomic E-state index is 15.1. The normalized spacial score (nSPS) is 38.7. The molecule has 0 spiro atoms. The Morgan fingerprint density at radius 1 is 0.662 bits per heavy atom. The van der Waals surface area contributed by atoms with E-state index in [-0.39, 0.29) is 17.3 Å². The molecule has 430 valence electrons. The van der Waals surface area contributed by atoms with Crippen LogP contribution in [-0.2, 0) is 0 Å². The standard InChI is InChI=1S/C77H105FN2/c1-6-54-18-20-57(21-19-54)22-23-58-26-35-64(36-27-58)77(74-48-52(4)16-17-53(74)5)73-15-10-9-14-70(73)71-46-45-69(51-75(71)77)80(68-43-37-65(78)38-44-68)67-41-32-60(33-42-67)61-12-11-13-63(49-61)72-50-62(59-30-24-55(7-2)25-31-59)34-47-76(72)79-66-39-28-56(8-3)29-40-66/h6-8,10,13,15,28,35,37-39,43,47,49,52-55,57-60,62,67-69,72,74,79H,1-3,9,11-12,14,16-27,29-34,36,40-42,44-46,48,50-51H2,4-5H3. The molecule has 0 aromatic rings. The van der Waals surface area contributed by atoms with Crippen molar-refractivity contribution >= 4 is 0 Å². The Bertz CT molecular complexity index is 2640. The average Bonchev–Trinajstić information content (AvgIpc) is 3.99. The van der Waals surface area contributed by atoms with E-state index in [0.29, 0.717) is 35.8 Å². The number of hydrogen-bond donors (Lipinski definition) is 1. The lowest BCUT2D eigenvalue weighted by molar-refractivity contribution is 0.0536. The predicted octanol–water partition coefficient (Wildman–Crippen LogP) is 21.0. The highest BCUT2D eigenvalue weighted by Gasteiger charge is 2.57. The number of halogens is 1. The van der Waals surface area contributed by atoms with Crippen molar-refractivity contribution in [2.24, 2.45) is 70.5 Å². The lowest BCUT2D eigenvalue weighted by Gasteiger charge is -2.53. The van der Waals surface area contributed by atoms with E-state index in [4.69, 9.17) is 0 Å². The zero-order chi connectivity index (χ0) is 54.7. The van der Waals surface area contributed by atoms with E-state index in [0.717, 1.165) is 60.7 Å². The summed E-state index contributed by atoms with van der Waals surface area (Å²) in [6, 6.07) is 1.28. The maximum atomic E-state index is 15.1. The largest absolute Gasteiger partial charge is 0.362 e. The van der Waals surface area contributed by atoms with Crippen molar-refractivity contribution in [2.75, 3.05) is 0 Å². The quantitative estimate of drug-likeness (QED) is 0.155. The molecule has 4 fully saturated rings. The molecule has 0 saturated heterocycles. The van der Waals surface area contributed by atoms with E-state index < -0.39 is 0 Å². The minimum absolute atomic E-state index is 0.0418. The summed E-state index contributed by atoms with van der Waals surface area (Å²) in [6.45, 7) is 17.6. The molecule has 0 radical (unpaired) electrons. The zero-order valence-corrected chi connectivity index (χ0v) is 50.2. The van der Waals surface area contributed by atoms with Gasteiger partial charge in [0.1, 0.15) is 5.83 Å². The average molecular weight is 1080 g/mol. The molecule has 0 heterocycles. The number of hydrogen-bond acceptors (Lipinski definition) is 2. The monoisotopic (exact) mass is 1080 g/mol. The third-order valence-electron chi connectivity index (χ3n) is 24.4. The molecule has 0 aliphatic heterocycles. The molecule has 12 aliphatic rings. The number of nitrogens with one attached hydrogen (secondary N) is 1. The van der Waals surface area contributed by atoms with Crippen LogP contribution in [0.3, 0.4) is 0 Å². The smallest absolute Gasteiger partial charge is 0.119 e. The summed E-state index contributed by atoms with van der Waals surface area (Å²) in [4.78, 5) is 3.05. The molecule has 0 amide bonds. The van der Waals surface area contributed by atoms with Crippen molar-refractivity contribution in [1.29, 1.82) is 0 Å². The zero-order valence-electron chi connectivity index (χ0n) is 50.2. The SMILES string of the molecule is C=CC1=CC=C(NC2=CCC(C3CCC(C=C)CC3)CC2C2=CCCC(C3CCC(N(C4C=CC(F)=CC4)C4CCC5=C(C4)C(C4=CCC(CCC6CCC(C=C)CC6)CC4)(C4CC(C)CCC4C)C4=C5CCC=C4)CC3)=C2)CC1. The summed E-state index contributed by atoms with van der Waals surface area (Å²) in [5.41, 5.74) is 16.6. The van der Waals surface area contributed by atoms with Crippen LogP contribution in [0.15, 0.2) is 167 Å². The number of rotatable bonds is 16. The summed E-state index contributed by atoms with van der Waals surface area (Å²) in [5.74, 6) is 8.03. The van der Waals surface area contributed by atoms with Crippen molar-refractivity contribution in [3.8, 4) is 0 Å². The number of nitrogens with zero attached hydrogens (tertiary/aromatic N) is 1. The van der Waals surface area contributed by atoms with Crippen molar-refractivity contribution < 1.29 is 4.39 Å². The van der Waals surface area contributed by atoms with Crippen LogP contribution in [0.4, 0.5) is 4.39 Å². The fraction of sp³-hybridized carbons (Fsp3) is 0.636. The Balaban J connectivity index is 0.792. The molecule has 80 heavy (non-hydrogen) atoms. The molecular formula is C77H105FN2. The van der Waals surface area contributed by atoms with Gasteiger partial charge in [0.25, 0.3) is 0 Å². The third kappa shape index (κ3) is 11.8. The second kappa shape index (κ2) is 25.5. The predicted molar refractivity (Wildman–Crippen MR) is 337 cm³/mol. The molecule has 2 nitrogen and oxygen atoms in total. The van der Waals surface area contributed by atoms with Crippen molar-refractivity contribution in [3.05, 3.63) is 167 Å². The van der Waals surface area contributed by atoms with Crippen molar-refractivity contribution in [3.63, 3.8) is 0 Å². The molecule has 0 aromatic carbocycles. The third-order valence-corrected chi connectivity index (χ3v) is 24.4. The summed E-state index contributed by atoms with van der Waals surface area (Å²) in [5, 5.41) is 4.07. The van der Waals surface area contributed by atoms with Gasteiger partial charge in [-0.05, 0) is 291 Å². The highest BCUT2D eigenvalue weighted by Crippen LogP contribution is 2.67. The summed E-state index contributed by atoms with van der Waals surface area (Å²) >= 11 is 0. The van der Waals surface area contributed by atoms with Crippen LogP contribution in [0.5, 0.6) is 0 Å². The number of fused-ring (bicyclic) bond motifs is 1. The van der Waals surface area contributed by atoms with Gasteiger partial charge in [0.05, 0.1) is 0 Å². The van der Waals surface area contributed by atoms with Gasteiger partial charge in [-0.3, -0.25) is 4.90 Å². The molecular weight excluding hydrogens is 972 g/mol. The first-order valence-corrected chi connectivity index (χ1v) is 34.0. The van der Waals surface area contributed by atoms with Crippen LogP contribution in [0, 0.1) is 70.5 Å². The van der Waals surface area contributed by atoms with Gasteiger partial charge in [-0.25, -0.2) is 4.39 Å².